The summed E-state index contributed by atoms with van der Waals surface area (Å²) < 4.78 is 0. The minimum Gasteiger partial charge on any atom is -0.365 e. The molecule has 30 heavy (non-hydrogen) atoms. The number of hydrogen-bond donors (Lipinski definition) is 2. The number of aryl methyl sites for hydroxylation is 1. The highest BCUT2D eigenvalue weighted by Crippen LogP contribution is 2.12. The molecule has 0 radical (unpaired) electrons. The number of unbranched alkanes of at least 4 members (excludes halogenated alkanes) is 18. The highest BCUT2D eigenvalue weighted by atomic mass is 14.7. The maximum absolute atomic E-state index is 5.42. The van der Waals surface area contributed by atoms with Gasteiger partial charge in [0.1, 0.15) is 0 Å². The van der Waals surface area contributed by atoms with Gasteiger partial charge < -0.3 is 10.7 Å². The maximum Gasteiger partial charge on any atom is 0.0147 e. The molecule has 0 aromatic carbocycles. The zero-order chi connectivity index (χ0) is 22.0. The molecule has 0 aliphatic heterocycles. The van der Waals surface area contributed by atoms with Crippen LogP contribution in [0, 0.1) is 0 Å². The molecule has 1 heterocycles. The van der Waals surface area contributed by atoms with E-state index in [2.05, 4.69) is 31.0 Å². The Hall–Kier alpha value is -0.760. The van der Waals surface area contributed by atoms with Crippen LogP contribution in [0.4, 0.5) is 0 Å². The quantitative estimate of drug-likeness (QED) is 0.191. The van der Waals surface area contributed by atoms with E-state index in [0.717, 1.165) is 6.54 Å². The van der Waals surface area contributed by atoms with Crippen molar-refractivity contribution in [3.05, 3.63) is 24.0 Å². The van der Waals surface area contributed by atoms with Crippen LogP contribution in [0.1, 0.15) is 148 Å². The average Bonchev–Trinajstić information content (AvgIpc) is 3.28. The van der Waals surface area contributed by atoms with Crippen molar-refractivity contribution in [2.45, 2.75) is 149 Å². The van der Waals surface area contributed by atoms with E-state index < -0.39 is 0 Å². The topological polar surface area (TPSA) is 41.8 Å². The third kappa shape index (κ3) is 23.5. The molecule has 0 saturated carbocycles. The van der Waals surface area contributed by atoms with Crippen molar-refractivity contribution in [1.29, 1.82) is 0 Å². The summed E-state index contributed by atoms with van der Waals surface area (Å²) in [5.74, 6) is 0. The Bertz CT molecular complexity index is 375. The van der Waals surface area contributed by atoms with E-state index in [1.54, 1.807) is 0 Å². The smallest absolute Gasteiger partial charge is 0.0147 e. The first-order valence-electron chi connectivity index (χ1n) is 13.7. The van der Waals surface area contributed by atoms with Crippen molar-refractivity contribution in [3.63, 3.8) is 0 Å². The summed E-state index contributed by atoms with van der Waals surface area (Å²) in [4.78, 5) is 3.27. The number of nitrogens with two attached hydrogens (primary N) is 1. The van der Waals surface area contributed by atoms with Crippen LogP contribution in [0.15, 0.2) is 18.3 Å². The number of hydrogen-bond acceptors (Lipinski definition) is 1. The number of aromatic amines is 1. The Morgan fingerprint density at radius 3 is 1.33 bits per heavy atom. The minimum absolute atomic E-state index is 0.872. The molecule has 0 atom stereocenters. The lowest BCUT2D eigenvalue weighted by molar-refractivity contribution is 0.555. The van der Waals surface area contributed by atoms with Crippen LogP contribution in [0.3, 0.4) is 0 Å². The van der Waals surface area contributed by atoms with Gasteiger partial charge in [-0.05, 0) is 37.9 Å². The number of H-pyrrole nitrogens is 1. The van der Waals surface area contributed by atoms with E-state index in [4.69, 9.17) is 5.73 Å². The van der Waals surface area contributed by atoms with Gasteiger partial charge in [-0.15, -0.1) is 0 Å². The SMILES string of the molecule is CCCCCCCCCCCCN.CCCCCCCCCCCCc1ccc[nH]1. The van der Waals surface area contributed by atoms with Crippen LogP contribution in [0.2, 0.25) is 0 Å². The lowest BCUT2D eigenvalue weighted by Crippen LogP contribution is -1.97. The number of rotatable bonds is 21. The second-order valence-electron chi connectivity index (χ2n) is 9.10. The summed E-state index contributed by atoms with van der Waals surface area (Å²) in [7, 11) is 0. The molecular formula is C28H56N2. The van der Waals surface area contributed by atoms with Crippen molar-refractivity contribution < 1.29 is 0 Å². The van der Waals surface area contributed by atoms with Crippen molar-refractivity contribution in [2.24, 2.45) is 5.73 Å². The van der Waals surface area contributed by atoms with Crippen molar-refractivity contribution >= 4 is 0 Å². The highest BCUT2D eigenvalue weighted by molar-refractivity contribution is 5.03. The van der Waals surface area contributed by atoms with Gasteiger partial charge in [0.2, 0.25) is 0 Å². The minimum atomic E-state index is 0.872. The van der Waals surface area contributed by atoms with E-state index in [1.165, 1.54) is 141 Å². The fourth-order valence-electron chi connectivity index (χ4n) is 3.96. The van der Waals surface area contributed by atoms with Gasteiger partial charge in [0.25, 0.3) is 0 Å². The molecule has 0 amide bonds. The van der Waals surface area contributed by atoms with Crippen LogP contribution in [0.25, 0.3) is 0 Å². The molecule has 0 aliphatic rings. The zero-order valence-electron chi connectivity index (χ0n) is 20.9. The molecule has 1 aromatic heterocycles. The third-order valence-electron chi connectivity index (χ3n) is 6.02. The van der Waals surface area contributed by atoms with Gasteiger partial charge in [0.05, 0.1) is 0 Å². The van der Waals surface area contributed by atoms with E-state index in [-0.39, 0.29) is 0 Å². The Morgan fingerprint density at radius 1 is 0.567 bits per heavy atom. The molecule has 1 aromatic rings. The zero-order valence-corrected chi connectivity index (χ0v) is 20.9. The normalized spacial score (nSPS) is 10.8. The monoisotopic (exact) mass is 420 g/mol. The first-order valence-corrected chi connectivity index (χ1v) is 13.7. The molecule has 2 nitrogen and oxygen atoms in total. The van der Waals surface area contributed by atoms with Gasteiger partial charge in [-0.1, -0.05) is 129 Å². The van der Waals surface area contributed by atoms with E-state index in [1.807, 2.05) is 6.20 Å². The average molecular weight is 421 g/mol. The molecule has 1 rings (SSSR count). The van der Waals surface area contributed by atoms with E-state index in [9.17, 15) is 0 Å². The fourth-order valence-corrected chi connectivity index (χ4v) is 3.96. The molecule has 0 bridgehead atoms. The summed E-state index contributed by atoms with van der Waals surface area (Å²) in [6, 6.07) is 4.28. The van der Waals surface area contributed by atoms with Crippen LogP contribution in [0.5, 0.6) is 0 Å². The first kappa shape index (κ1) is 29.2. The van der Waals surface area contributed by atoms with Crippen LogP contribution in [-0.2, 0) is 6.42 Å². The lowest BCUT2D eigenvalue weighted by Gasteiger charge is -2.02. The number of aromatic nitrogens is 1. The fraction of sp³-hybridized carbons (Fsp3) is 0.857. The van der Waals surface area contributed by atoms with Gasteiger partial charge in [0.15, 0.2) is 0 Å². The summed E-state index contributed by atoms with van der Waals surface area (Å²) in [6.07, 6.45) is 31.4. The molecule has 0 spiro atoms. The molecule has 0 aliphatic carbocycles. The Kier molecular flexibility index (Phi) is 25.6. The van der Waals surface area contributed by atoms with Crippen molar-refractivity contribution in [1.82, 2.24) is 4.98 Å². The van der Waals surface area contributed by atoms with E-state index >= 15 is 0 Å². The summed E-state index contributed by atoms with van der Waals surface area (Å²) >= 11 is 0. The Morgan fingerprint density at radius 2 is 0.967 bits per heavy atom. The second-order valence-corrected chi connectivity index (χ2v) is 9.10. The largest absolute Gasteiger partial charge is 0.365 e. The highest BCUT2D eigenvalue weighted by Gasteiger charge is 1.95. The molecule has 178 valence electrons. The number of nitrogens with one attached hydrogen (secondary N) is 1. The molecule has 3 N–H and O–H groups in total. The molecule has 0 saturated heterocycles. The predicted octanol–water partition coefficient (Wildman–Crippen LogP) is 9.34. The van der Waals surface area contributed by atoms with Gasteiger partial charge in [-0.25, -0.2) is 0 Å². The van der Waals surface area contributed by atoms with Gasteiger partial charge in [-0.3, -0.25) is 0 Å². The first-order chi connectivity index (χ1) is 14.8. The Balaban J connectivity index is 0.000000584. The maximum atomic E-state index is 5.42. The predicted molar refractivity (Wildman–Crippen MR) is 137 cm³/mol. The summed E-state index contributed by atoms with van der Waals surface area (Å²) in [5.41, 5.74) is 6.82. The Labute approximate surface area is 190 Å². The lowest BCUT2D eigenvalue weighted by atomic mass is 10.1. The van der Waals surface area contributed by atoms with Crippen molar-refractivity contribution in [3.8, 4) is 0 Å². The van der Waals surface area contributed by atoms with Crippen LogP contribution in [-0.4, -0.2) is 11.5 Å². The van der Waals surface area contributed by atoms with Crippen LogP contribution < -0.4 is 5.73 Å². The molecule has 0 fully saturated rings. The van der Waals surface area contributed by atoms with Gasteiger partial charge in [0, 0.05) is 11.9 Å². The van der Waals surface area contributed by atoms with Crippen LogP contribution >= 0.6 is 0 Å². The summed E-state index contributed by atoms with van der Waals surface area (Å²) in [5, 5.41) is 0. The molecular weight excluding hydrogens is 364 g/mol. The molecule has 2 heteroatoms. The van der Waals surface area contributed by atoms with E-state index in [0.29, 0.717) is 0 Å². The molecule has 0 unspecified atom stereocenters. The standard InChI is InChI=1S/C16H29N.C12H27N/c1-2-3-4-5-6-7-8-9-10-11-13-16-14-12-15-17-16;1-2-3-4-5-6-7-8-9-10-11-12-13/h12,14-15,17H,2-11,13H2,1H3;2-13H2,1H3. The third-order valence-corrected chi connectivity index (χ3v) is 6.02. The van der Waals surface area contributed by atoms with Gasteiger partial charge in [-0.2, -0.15) is 0 Å². The second kappa shape index (κ2) is 26.3. The van der Waals surface area contributed by atoms with Gasteiger partial charge >= 0.3 is 0 Å². The van der Waals surface area contributed by atoms with Crippen molar-refractivity contribution in [2.75, 3.05) is 6.54 Å². The summed E-state index contributed by atoms with van der Waals surface area (Å²) in [6.45, 7) is 5.42.